The van der Waals surface area contributed by atoms with Crippen molar-refractivity contribution in [1.29, 1.82) is 5.26 Å². The molecule has 0 radical (unpaired) electrons. The van der Waals surface area contributed by atoms with E-state index in [2.05, 4.69) is 31.2 Å². The Morgan fingerprint density at radius 3 is 2.61 bits per heavy atom. The van der Waals surface area contributed by atoms with Gasteiger partial charge in [0.05, 0.1) is 10.2 Å². The van der Waals surface area contributed by atoms with Crippen molar-refractivity contribution >= 4 is 27.4 Å². The van der Waals surface area contributed by atoms with Crippen molar-refractivity contribution < 1.29 is 8.78 Å². The lowest BCUT2D eigenvalue weighted by Gasteiger charge is -2.08. The molecule has 4 nitrogen and oxygen atoms in total. The second kappa shape index (κ2) is 5.06. The first kappa shape index (κ1) is 12.4. The predicted molar refractivity (Wildman–Crippen MR) is 64.1 cm³/mol. The van der Waals surface area contributed by atoms with Gasteiger partial charge in [0.1, 0.15) is 17.7 Å². The summed E-state index contributed by atoms with van der Waals surface area (Å²) in [7, 11) is 0. The van der Waals surface area contributed by atoms with Gasteiger partial charge in [0, 0.05) is 18.5 Å². The minimum atomic E-state index is -0.669. The number of anilines is 2. The van der Waals surface area contributed by atoms with Crippen molar-refractivity contribution in [3.05, 3.63) is 46.3 Å². The van der Waals surface area contributed by atoms with Gasteiger partial charge >= 0.3 is 0 Å². The Morgan fingerprint density at radius 2 is 1.89 bits per heavy atom. The van der Waals surface area contributed by atoms with E-state index in [1.807, 2.05) is 0 Å². The molecule has 1 aromatic heterocycles. The predicted octanol–water partition coefficient (Wildman–Crippen LogP) is 3.13. The minimum absolute atomic E-state index is 0.000210. The van der Waals surface area contributed by atoms with Crippen LogP contribution in [0.5, 0.6) is 0 Å². The molecule has 0 aliphatic carbocycles. The first-order valence-electron chi connectivity index (χ1n) is 4.74. The van der Waals surface area contributed by atoms with Gasteiger partial charge in [0.15, 0.2) is 11.5 Å². The molecule has 1 heterocycles. The van der Waals surface area contributed by atoms with Gasteiger partial charge in [-0.2, -0.15) is 5.26 Å². The number of hydrogen-bond acceptors (Lipinski definition) is 4. The smallest absolute Gasteiger partial charge is 0.183 e. The molecule has 1 N–H and O–H groups in total. The van der Waals surface area contributed by atoms with Gasteiger partial charge < -0.3 is 5.32 Å². The first-order valence-corrected chi connectivity index (χ1v) is 5.54. The average molecular weight is 311 g/mol. The van der Waals surface area contributed by atoms with Crippen molar-refractivity contribution in [2.24, 2.45) is 0 Å². The van der Waals surface area contributed by atoms with Crippen LogP contribution in [0.1, 0.15) is 5.69 Å². The molecular formula is C11H5BrF2N4. The molecule has 0 saturated heterocycles. The molecule has 0 fully saturated rings. The van der Waals surface area contributed by atoms with Crippen molar-refractivity contribution in [3.8, 4) is 6.07 Å². The molecule has 1 aromatic carbocycles. The fraction of sp³-hybridized carbons (Fsp3) is 0. The second-order valence-corrected chi connectivity index (χ2v) is 4.09. The van der Waals surface area contributed by atoms with E-state index in [0.29, 0.717) is 0 Å². The van der Waals surface area contributed by atoms with Crippen LogP contribution in [-0.2, 0) is 0 Å². The standard InChI is InChI=1S/C11H5BrF2N4/c12-6-3-8(14)9(4-7(6)13)18-11-10(5-15)16-1-2-17-11/h1-4H,(H,17,18). The van der Waals surface area contributed by atoms with Crippen LogP contribution in [0.4, 0.5) is 20.3 Å². The Balaban J connectivity index is 2.41. The Labute approximate surface area is 109 Å². The number of hydrogen-bond donors (Lipinski definition) is 1. The van der Waals surface area contributed by atoms with Crippen LogP contribution in [0.15, 0.2) is 29.0 Å². The summed E-state index contributed by atoms with van der Waals surface area (Å²) in [4.78, 5) is 7.59. The Morgan fingerprint density at radius 1 is 1.17 bits per heavy atom. The third-order valence-electron chi connectivity index (χ3n) is 2.07. The van der Waals surface area contributed by atoms with Gasteiger partial charge in [0.2, 0.25) is 0 Å². The Kier molecular flexibility index (Phi) is 3.48. The summed E-state index contributed by atoms with van der Waals surface area (Å²) in [5.41, 5.74) is -0.118. The van der Waals surface area contributed by atoms with E-state index in [-0.39, 0.29) is 21.7 Å². The number of nitrogens with zero attached hydrogens (tertiary/aromatic N) is 3. The molecule has 2 aromatic rings. The minimum Gasteiger partial charge on any atom is -0.335 e. The molecule has 0 aliphatic rings. The molecule has 0 unspecified atom stereocenters. The maximum atomic E-state index is 13.6. The van der Waals surface area contributed by atoms with Crippen molar-refractivity contribution in [1.82, 2.24) is 9.97 Å². The summed E-state index contributed by atoms with van der Waals surface area (Å²) in [6.07, 6.45) is 2.68. The van der Waals surface area contributed by atoms with E-state index < -0.39 is 11.6 Å². The Bertz CT molecular complexity index is 639. The number of nitrogens with one attached hydrogen (secondary N) is 1. The van der Waals surface area contributed by atoms with Crippen molar-refractivity contribution in [2.75, 3.05) is 5.32 Å². The fourth-order valence-corrected chi connectivity index (χ4v) is 1.57. The van der Waals surface area contributed by atoms with Crippen LogP contribution in [0.2, 0.25) is 0 Å². The lowest BCUT2D eigenvalue weighted by molar-refractivity contribution is 0.597. The maximum Gasteiger partial charge on any atom is 0.183 e. The molecule has 0 aliphatic heterocycles. The van der Waals surface area contributed by atoms with Crippen LogP contribution in [0.25, 0.3) is 0 Å². The quantitative estimate of drug-likeness (QED) is 0.866. The fourth-order valence-electron chi connectivity index (χ4n) is 1.26. The summed E-state index contributed by atoms with van der Waals surface area (Å²) in [5, 5.41) is 11.3. The molecule has 90 valence electrons. The summed E-state index contributed by atoms with van der Waals surface area (Å²) in [5.74, 6) is -1.22. The molecule has 7 heteroatoms. The highest BCUT2D eigenvalue weighted by Crippen LogP contribution is 2.25. The van der Waals surface area contributed by atoms with Crippen LogP contribution < -0.4 is 5.32 Å². The van der Waals surface area contributed by atoms with Gasteiger partial charge in [-0.25, -0.2) is 18.7 Å². The SMILES string of the molecule is N#Cc1nccnc1Nc1cc(F)c(Br)cc1F. The van der Waals surface area contributed by atoms with Crippen molar-refractivity contribution in [2.45, 2.75) is 0 Å². The monoisotopic (exact) mass is 310 g/mol. The van der Waals surface area contributed by atoms with E-state index in [1.165, 1.54) is 12.4 Å². The van der Waals surface area contributed by atoms with E-state index in [4.69, 9.17) is 5.26 Å². The third kappa shape index (κ3) is 2.43. The first-order chi connectivity index (χ1) is 8.61. The highest BCUT2D eigenvalue weighted by atomic mass is 79.9. The molecule has 0 bridgehead atoms. The molecule has 18 heavy (non-hydrogen) atoms. The van der Waals surface area contributed by atoms with E-state index in [0.717, 1.165) is 12.1 Å². The van der Waals surface area contributed by atoms with Gasteiger partial charge in [-0.05, 0) is 22.0 Å². The van der Waals surface area contributed by atoms with E-state index in [1.54, 1.807) is 6.07 Å². The van der Waals surface area contributed by atoms with Gasteiger partial charge in [-0.15, -0.1) is 0 Å². The lowest BCUT2D eigenvalue weighted by atomic mass is 10.3. The molecular weight excluding hydrogens is 306 g/mol. The lowest BCUT2D eigenvalue weighted by Crippen LogP contribution is -2.01. The van der Waals surface area contributed by atoms with Gasteiger partial charge in [-0.1, -0.05) is 0 Å². The summed E-state index contributed by atoms with van der Waals surface area (Å²) >= 11 is 2.87. The maximum absolute atomic E-state index is 13.6. The number of benzene rings is 1. The van der Waals surface area contributed by atoms with Gasteiger partial charge in [0.25, 0.3) is 0 Å². The van der Waals surface area contributed by atoms with E-state index in [9.17, 15) is 8.78 Å². The van der Waals surface area contributed by atoms with Crippen LogP contribution in [-0.4, -0.2) is 9.97 Å². The zero-order chi connectivity index (χ0) is 13.1. The molecule has 0 atom stereocenters. The molecule has 0 saturated carbocycles. The number of nitriles is 1. The number of aromatic nitrogens is 2. The highest BCUT2D eigenvalue weighted by molar-refractivity contribution is 9.10. The summed E-state index contributed by atoms with van der Waals surface area (Å²) in [6.45, 7) is 0. The number of rotatable bonds is 2. The average Bonchev–Trinajstić information content (AvgIpc) is 2.36. The molecule has 0 spiro atoms. The zero-order valence-electron chi connectivity index (χ0n) is 8.78. The second-order valence-electron chi connectivity index (χ2n) is 3.24. The van der Waals surface area contributed by atoms with Gasteiger partial charge in [-0.3, -0.25) is 0 Å². The summed E-state index contributed by atoms with van der Waals surface area (Å²) < 4.78 is 26.9. The van der Waals surface area contributed by atoms with Crippen LogP contribution in [0, 0.1) is 23.0 Å². The largest absolute Gasteiger partial charge is 0.335 e. The summed E-state index contributed by atoms with van der Waals surface area (Å²) in [6, 6.07) is 3.75. The third-order valence-corrected chi connectivity index (χ3v) is 2.67. The zero-order valence-corrected chi connectivity index (χ0v) is 10.4. The van der Waals surface area contributed by atoms with Crippen molar-refractivity contribution in [3.63, 3.8) is 0 Å². The topological polar surface area (TPSA) is 61.6 Å². The number of halogens is 3. The Hall–Kier alpha value is -2.07. The highest BCUT2D eigenvalue weighted by Gasteiger charge is 2.11. The van der Waals surface area contributed by atoms with Crippen LogP contribution in [0.3, 0.4) is 0 Å². The van der Waals surface area contributed by atoms with Crippen LogP contribution >= 0.6 is 15.9 Å². The van der Waals surface area contributed by atoms with E-state index >= 15 is 0 Å². The normalized spacial score (nSPS) is 9.89. The molecule has 2 rings (SSSR count). The molecule has 0 amide bonds.